The van der Waals surface area contributed by atoms with Gasteiger partial charge in [0.2, 0.25) is 5.91 Å². The van der Waals surface area contributed by atoms with Crippen molar-refractivity contribution >= 4 is 11.6 Å². The average Bonchev–Trinajstić information content (AvgIpc) is 3.29. The van der Waals surface area contributed by atoms with E-state index in [2.05, 4.69) is 36.5 Å². The zero-order valence-electron chi connectivity index (χ0n) is 15.7. The molecule has 1 N–H and O–H groups in total. The van der Waals surface area contributed by atoms with Crippen LogP contribution in [0.3, 0.4) is 0 Å². The largest absolute Gasteiger partial charge is 0.378 e. The molecule has 0 aromatic heterocycles. The molecular formula is C21H32N2O2. The molecule has 138 valence electrons. The number of carbonyl (C=O) groups is 1. The molecule has 1 aliphatic heterocycles. The first kappa shape index (κ1) is 18.2. The number of anilines is 1. The first-order chi connectivity index (χ1) is 12.1. The second kappa shape index (κ2) is 8.22. The lowest BCUT2D eigenvalue weighted by Crippen LogP contribution is -2.51. The summed E-state index contributed by atoms with van der Waals surface area (Å²) in [6.45, 7) is 3.81. The van der Waals surface area contributed by atoms with E-state index in [1.807, 2.05) is 11.9 Å². The second-order valence-corrected chi connectivity index (χ2v) is 7.78. The van der Waals surface area contributed by atoms with Crippen molar-refractivity contribution in [1.82, 2.24) is 4.90 Å². The van der Waals surface area contributed by atoms with Crippen molar-refractivity contribution in [3.8, 4) is 0 Å². The maximum absolute atomic E-state index is 13.2. The standard InChI is InChI=1S/C21H32N2O2/c1-17-9-11-18(12-10-17)22-21(13-3-4-14-21)20(24)23(2)15-5-7-19-8-6-16-25-19/h9-12,19,22H,3-8,13-16H2,1-2H3/t19-/m1/s1. The third-order valence-electron chi connectivity index (χ3n) is 5.69. The van der Waals surface area contributed by atoms with Gasteiger partial charge in [-0.25, -0.2) is 0 Å². The van der Waals surface area contributed by atoms with Crippen molar-refractivity contribution in [3.63, 3.8) is 0 Å². The van der Waals surface area contributed by atoms with Gasteiger partial charge in [0.25, 0.3) is 0 Å². The number of hydrogen-bond acceptors (Lipinski definition) is 3. The zero-order valence-corrected chi connectivity index (χ0v) is 15.7. The fraction of sp³-hybridized carbons (Fsp3) is 0.667. The maximum Gasteiger partial charge on any atom is 0.247 e. The van der Waals surface area contributed by atoms with Crippen LogP contribution in [0.1, 0.15) is 56.9 Å². The fourth-order valence-electron chi connectivity index (χ4n) is 4.18. The number of ether oxygens (including phenoxy) is 1. The van der Waals surface area contributed by atoms with Gasteiger partial charge in [-0.1, -0.05) is 30.5 Å². The molecule has 1 amide bonds. The lowest BCUT2D eigenvalue weighted by molar-refractivity contribution is -0.134. The molecule has 1 atom stereocenters. The van der Waals surface area contributed by atoms with E-state index >= 15 is 0 Å². The Hall–Kier alpha value is -1.55. The van der Waals surface area contributed by atoms with Crippen LogP contribution in [0.4, 0.5) is 5.69 Å². The van der Waals surface area contributed by atoms with Crippen LogP contribution in [0, 0.1) is 6.92 Å². The number of carbonyl (C=O) groups excluding carboxylic acids is 1. The van der Waals surface area contributed by atoms with Crippen LogP contribution < -0.4 is 5.32 Å². The summed E-state index contributed by atoms with van der Waals surface area (Å²) >= 11 is 0. The molecule has 4 nitrogen and oxygen atoms in total. The van der Waals surface area contributed by atoms with Gasteiger partial charge >= 0.3 is 0 Å². The molecule has 0 spiro atoms. The molecule has 25 heavy (non-hydrogen) atoms. The monoisotopic (exact) mass is 344 g/mol. The van der Waals surface area contributed by atoms with Crippen molar-refractivity contribution in [1.29, 1.82) is 0 Å². The molecular weight excluding hydrogens is 312 g/mol. The second-order valence-electron chi connectivity index (χ2n) is 7.78. The third-order valence-corrected chi connectivity index (χ3v) is 5.69. The van der Waals surface area contributed by atoms with E-state index in [4.69, 9.17) is 4.74 Å². The lowest BCUT2D eigenvalue weighted by atomic mass is 9.94. The van der Waals surface area contributed by atoms with Crippen LogP contribution in [0.2, 0.25) is 0 Å². The number of benzene rings is 1. The summed E-state index contributed by atoms with van der Waals surface area (Å²) in [5.74, 6) is 0.248. The summed E-state index contributed by atoms with van der Waals surface area (Å²) in [6, 6.07) is 8.36. The normalized spacial score (nSPS) is 22.1. The Balaban J connectivity index is 1.58. The van der Waals surface area contributed by atoms with Gasteiger partial charge in [0, 0.05) is 25.9 Å². The van der Waals surface area contributed by atoms with Crippen molar-refractivity contribution < 1.29 is 9.53 Å². The highest BCUT2D eigenvalue weighted by molar-refractivity contribution is 5.89. The molecule has 1 aliphatic carbocycles. The third kappa shape index (κ3) is 4.55. The molecule has 1 saturated heterocycles. The van der Waals surface area contributed by atoms with E-state index in [1.54, 1.807) is 0 Å². The van der Waals surface area contributed by atoms with E-state index in [1.165, 1.54) is 18.4 Å². The first-order valence-corrected chi connectivity index (χ1v) is 9.81. The minimum absolute atomic E-state index is 0.248. The SMILES string of the molecule is Cc1ccc(NC2(C(=O)N(C)CCC[C@@H]3CCCO3)CCCC2)cc1. The van der Waals surface area contributed by atoms with E-state index < -0.39 is 5.54 Å². The zero-order chi connectivity index (χ0) is 17.7. The van der Waals surface area contributed by atoms with Gasteiger partial charge in [-0.3, -0.25) is 4.79 Å². The Labute approximate surface area is 151 Å². The summed E-state index contributed by atoms with van der Waals surface area (Å²) < 4.78 is 5.69. The maximum atomic E-state index is 13.2. The van der Waals surface area contributed by atoms with E-state index in [0.717, 1.165) is 57.4 Å². The number of amides is 1. The van der Waals surface area contributed by atoms with Crippen molar-refractivity contribution in [2.24, 2.45) is 0 Å². The number of aryl methyl sites for hydroxylation is 1. The van der Waals surface area contributed by atoms with Gasteiger partial charge in [0.05, 0.1) is 6.10 Å². The summed E-state index contributed by atoms with van der Waals surface area (Å²) in [5, 5.41) is 3.58. The van der Waals surface area contributed by atoms with Crippen LogP contribution in [0.25, 0.3) is 0 Å². The van der Waals surface area contributed by atoms with Gasteiger partial charge in [-0.2, -0.15) is 0 Å². The number of hydrogen-bond donors (Lipinski definition) is 1. The smallest absolute Gasteiger partial charge is 0.247 e. The molecule has 4 heteroatoms. The van der Waals surface area contributed by atoms with Gasteiger partial charge in [0.1, 0.15) is 5.54 Å². The first-order valence-electron chi connectivity index (χ1n) is 9.81. The molecule has 2 fully saturated rings. The number of nitrogens with one attached hydrogen (secondary N) is 1. The Morgan fingerprint density at radius 2 is 1.96 bits per heavy atom. The van der Waals surface area contributed by atoms with E-state index in [-0.39, 0.29) is 5.91 Å². The van der Waals surface area contributed by atoms with Crippen molar-refractivity contribution in [3.05, 3.63) is 29.8 Å². The van der Waals surface area contributed by atoms with Crippen LogP contribution >= 0.6 is 0 Å². The van der Waals surface area contributed by atoms with Gasteiger partial charge < -0.3 is 15.0 Å². The Bertz CT molecular complexity index is 558. The lowest BCUT2D eigenvalue weighted by Gasteiger charge is -2.34. The van der Waals surface area contributed by atoms with Gasteiger partial charge in [-0.15, -0.1) is 0 Å². The van der Waals surface area contributed by atoms with E-state index in [9.17, 15) is 4.79 Å². The Morgan fingerprint density at radius 1 is 1.24 bits per heavy atom. The Kier molecular flexibility index (Phi) is 6.00. The molecule has 1 saturated carbocycles. The van der Waals surface area contributed by atoms with Gasteiger partial charge in [0.15, 0.2) is 0 Å². The minimum atomic E-state index is -0.423. The van der Waals surface area contributed by atoms with Crippen LogP contribution in [-0.4, -0.2) is 42.6 Å². The molecule has 0 radical (unpaired) electrons. The Morgan fingerprint density at radius 3 is 2.60 bits per heavy atom. The fourth-order valence-corrected chi connectivity index (χ4v) is 4.18. The molecule has 1 aromatic rings. The molecule has 1 aromatic carbocycles. The molecule has 1 heterocycles. The highest BCUT2D eigenvalue weighted by Crippen LogP contribution is 2.35. The van der Waals surface area contributed by atoms with E-state index in [0.29, 0.717) is 6.10 Å². The number of nitrogens with zero attached hydrogens (tertiary/aromatic N) is 1. The quantitative estimate of drug-likeness (QED) is 0.808. The van der Waals surface area contributed by atoms with Crippen molar-refractivity contribution in [2.45, 2.75) is 69.9 Å². The minimum Gasteiger partial charge on any atom is -0.378 e. The van der Waals surface area contributed by atoms with Crippen molar-refractivity contribution in [2.75, 3.05) is 25.5 Å². The van der Waals surface area contributed by atoms with Crippen LogP contribution in [-0.2, 0) is 9.53 Å². The van der Waals surface area contributed by atoms with Crippen LogP contribution in [0.5, 0.6) is 0 Å². The summed E-state index contributed by atoms with van der Waals surface area (Å²) in [7, 11) is 1.95. The molecule has 0 bridgehead atoms. The van der Waals surface area contributed by atoms with Gasteiger partial charge in [-0.05, 0) is 57.6 Å². The summed E-state index contributed by atoms with van der Waals surface area (Å²) in [5.41, 5.74) is 1.87. The molecule has 2 aliphatic rings. The van der Waals surface area contributed by atoms with Crippen LogP contribution in [0.15, 0.2) is 24.3 Å². The predicted molar refractivity (Wildman–Crippen MR) is 102 cm³/mol. The molecule has 0 unspecified atom stereocenters. The highest BCUT2D eigenvalue weighted by atomic mass is 16.5. The summed E-state index contributed by atoms with van der Waals surface area (Å²) in [4.78, 5) is 15.1. The summed E-state index contributed by atoms with van der Waals surface area (Å²) in [6.07, 6.45) is 8.95. The predicted octanol–water partition coefficient (Wildman–Crippen LogP) is 4.14. The highest BCUT2D eigenvalue weighted by Gasteiger charge is 2.42. The average molecular weight is 344 g/mol. The number of rotatable bonds is 7. The number of likely N-dealkylation sites (N-methyl/N-ethyl adjacent to an activating group) is 1. The molecule has 3 rings (SSSR count). The topological polar surface area (TPSA) is 41.6 Å².